The molecule has 0 bridgehead atoms. The maximum atomic E-state index is 12.2. The Labute approximate surface area is 136 Å². The molecule has 0 aliphatic rings. The van der Waals surface area contributed by atoms with Crippen molar-refractivity contribution in [1.82, 2.24) is 10.2 Å². The predicted molar refractivity (Wildman–Crippen MR) is 85.2 cm³/mol. The van der Waals surface area contributed by atoms with E-state index in [2.05, 4.69) is 5.32 Å². The summed E-state index contributed by atoms with van der Waals surface area (Å²) in [7, 11) is 4.68. The molecule has 0 saturated heterocycles. The fourth-order valence-electron chi connectivity index (χ4n) is 1.86. The fourth-order valence-corrected chi connectivity index (χ4v) is 1.86. The summed E-state index contributed by atoms with van der Waals surface area (Å²) in [4.78, 5) is 25.6. The van der Waals surface area contributed by atoms with Gasteiger partial charge in [0.25, 0.3) is 0 Å². The first-order valence-electron chi connectivity index (χ1n) is 7.30. The summed E-state index contributed by atoms with van der Waals surface area (Å²) < 4.78 is 15.0. The Bertz CT molecular complexity index is 482. The molecule has 0 heterocycles. The van der Waals surface area contributed by atoms with Gasteiger partial charge >= 0.3 is 11.8 Å². The van der Waals surface area contributed by atoms with Gasteiger partial charge in [-0.15, -0.1) is 0 Å². The average molecular weight is 324 g/mol. The second-order valence-corrected chi connectivity index (χ2v) is 4.81. The molecule has 0 spiro atoms. The highest BCUT2D eigenvalue weighted by Gasteiger charge is 2.21. The van der Waals surface area contributed by atoms with E-state index in [4.69, 9.17) is 14.2 Å². The number of amides is 2. The van der Waals surface area contributed by atoms with E-state index in [0.717, 1.165) is 11.3 Å². The Balaban J connectivity index is 2.53. The molecule has 7 nitrogen and oxygen atoms in total. The van der Waals surface area contributed by atoms with Gasteiger partial charge < -0.3 is 24.4 Å². The van der Waals surface area contributed by atoms with Crippen LogP contribution in [-0.4, -0.2) is 64.3 Å². The third kappa shape index (κ3) is 6.66. The lowest BCUT2D eigenvalue weighted by Gasteiger charge is -2.21. The van der Waals surface area contributed by atoms with Crippen molar-refractivity contribution in [3.05, 3.63) is 29.8 Å². The number of carbonyl (C=O) groups is 2. The SMILES string of the molecule is COCCN(CCOC)C(=O)C(=O)NCc1ccc(OC)cc1. The van der Waals surface area contributed by atoms with E-state index >= 15 is 0 Å². The van der Waals surface area contributed by atoms with Gasteiger partial charge in [0, 0.05) is 33.9 Å². The summed E-state index contributed by atoms with van der Waals surface area (Å²) in [6.07, 6.45) is 0. The quantitative estimate of drug-likeness (QED) is 0.667. The number of carbonyl (C=O) groups excluding carboxylic acids is 2. The van der Waals surface area contributed by atoms with Crippen LogP contribution in [0, 0.1) is 0 Å². The smallest absolute Gasteiger partial charge is 0.312 e. The van der Waals surface area contributed by atoms with Crippen molar-refractivity contribution in [2.45, 2.75) is 6.54 Å². The molecule has 0 aliphatic heterocycles. The van der Waals surface area contributed by atoms with Crippen LogP contribution in [0.1, 0.15) is 5.56 Å². The van der Waals surface area contributed by atoms with Crippen molar-refractivity contribution < 1.29 is 23.8 Å². The third-order valence-corrected chi connectivity index (χ3v) is 3.22. The van der Waals surface area contributed by atoms with Gasteiger partial charge in [-0.05, 0) is 17.7 Å². The van der Waals surface area contributed by atoms with Gasteiger partial charge in [-0.1, -0.05) is 12.1 Å². The molecular weight excluding hydrogens is 300 g/mol. The first-order valence-corrected chi connectivity index (χ1v) is 7.30. The molecule has 1 N–H and O–H groups in total. The average Bonchev–Trinajstić information content (AvgIpc) is 2.59. The van der Waals surface area contributed by atoms with Crippen LogP contribution in [0.5, 0.6) is 5.75 Å². The standard InChI is InChI=1S/C16H24N2O5/c1-21-10-8-18(9-11-22-2)16(20)15(19)17-12-13-4-6-14(23-3)7-5-13/h4-7H,8-12H2,1-3H3,(H,17,19). The molecule has 0 fully saturated rings. The minimum Gasteiger partial charge on any atom is -0.497 e. The summed E-state index contributed by atoms with van der Waals surface area (Å²) in [5.41, 5.74) is 0.882. The van der Waals surface area contributed by atoms with Gasteiger partial charge in [0.05, 0.1) is 20.3 Å². The summed E-state index contributed by atoms with van der Waals surface area (Å²) >= 11 is 0. The topological polar surface area (TPSA) is 77.1 Å². The zero-order valence-corrected chi connectivity index (χ0v) is 13.8. The number of hydrogen-bond donors (Lipinski definition) is 1. The van der Waals surface area contributed by atoms with Crippen molar-refractivity contribution in [1.29, 1.82) is 0 Å². The Hall–Kier alpha value is -2.12. The third-order valence-electron chi connectivity index (χ3n) is 3.22. The van der Waals surface area contributed by atoms with E-state index < -0.39 is 11.8 Å². The molecule has 23 heavy (non-hydrogen) atoms. The lowest BCUT2D eigenvalue weighted by molar-refractivity contribution is -0.146. The van der Waals surface area contributed by atoms with Crippen molar-refractivity contribution in [2.75, 3.05) is 47.6 Å². The van der Waals surface area contributed by atoms with Crippen molar-refractivity contribution in [3.63, 3.8) is 0 Å². The van der Waals surface area contributed by atoms with Crippen molar-refractivity contribution >= 4 is 11.8 Å². The van der Waals surface area contributed by atoms with Crippen LogP contribution < -0.4 is 10.1 Å². The molecule has 1 aromatic rings. The number of benzene rings is 1. The number of nitrogens with one attached hydrogen (secondary N) is 1. The molecule has 1 aromatic carbocycles. The Morgan fingerprint density at radius 3 is 2.04 bits per heavy atom. The molecule has 7 heteroatoms. The molecule has 0 radical (unpaired) electrons. The second-order valence-electron chi connectivity index (χ2n) is 4.81. The van der Waals surface area contributed by atoms with Crippen molar-refractivity contribution in [2.24, 2.45) is 0 Å². The van der Waals surface area contributed by atoms with Gasteiger partial charge in [0.2, 0.25) is 0 Å². The van der Waals surface area contributed by atoms with Crippen LogP contribution in [-0.2, 0) is 25.6 Å². The van der Waals surface area contributed by atoms with Crippen LogP contribution in [0.3, 0.4) is 0 Å². The van der Waals surface area contributed by atoms with Gasteiger partial charge in [-0.25, -0.2) is 0 Å². The Kier molecular flexibility index (Phi) is 8.71. The molecule has 0 saturated carbocycles. The number of nitrogens with zero attached hydrogens (tertiary/aromatic N) is 1. The maximum Gasteiger partial charge on any atom is 0.312 e. The summed E-state index contributed by atoms with van der Waals surface area (Å²) in [6, 6.07) is 7.26. The summed E-state index contributed by atoms with van der Waals surface area (Å²) in [5, 5.41) is 2.62. The van der Waals surface area contributed by atoms with Gasteiger partial charge in [0.1, 0.15) is 5.75 Å². The molecule has 0 aromatic heterocycles. The fraction of sp³-hybridized carbons (Fsp3) is 0.500. The first kappa shape index (κ1) is 18.9. The number of methoxy groups -OCH3 is 3. The van der Waals surface area contributed by atoms with Crippen LogP contribution in [0.2, 0.25) is 0 Å². The van der Waals surface area contributed by atoms with Crippen LogP contribution in [0.15, 0.2) is 24.3 Å². The highest BCUT2D eigenvalue weighted by atomic mass is 16.5. The first-order chi connectivity index (χ1) is 11.1. The highest BCUT2D eigenvalue weighted by molar-refractivity contribution is 6.34. The van der Waals surface area contributed by atoms with Crippen LogP contribution >= 0.6 is 0 Å². The summed E-state index contributed by atoms with van der Waals surface area (Å²) in [5.74, 6) is -0.498. The minimum atomic E-state index is -0.645. The zero-order valence-electron chi connectivity index (χ0n) is 13.8. The number of hydrogen-bond acceptors (Lipinski definition) is 5. The second kappa shape index (κ2) is 10.6. The van der Waals surface area contributed by atoms with E-state index in [1.165, 1.54) is 4.90 Å². The largest absolute Gasteiger partial charge is 0.497 e. The molecule has 0 atom stereocenters. The van der Waals surface area contributed by atoms with E-state index in [-0.39, 0.29) is 6.54 Å². The number of rotatable bonds is 9. The number of ether oxygens (including phenoxy) is 3. The lowest BCUT2D eigenvalue weighted by atomic mass is 10.2. The Morgan fingerprint density at radius 2 is 1.57 bits per heavy atom. The highest BCUT2D eigenvalue weighted by Crippen LogP contribution is 2.10. The monoisotopic (exact) mass is 324 g/mol. The van der Waals surface area contributed by atoms with E-state index in [1.54, 1.807) is 33.5 Å². The predicted octanol–water partition coefficient (Wildman–Crippen LogP) is 0.433. The maximum absolute atomic E-state index is 12.2. The Morgan fingerprint density at radius 1 is 1.00 bits per heavy atom. The van der Waals surface area contributed by atoms with E-state index in [0.29, 0.717) is 26.3 Å². The van der Waals surface area contributed by atoms with Gasteiger partial charge in [-0.2, -0.15) is 0 Å². The lowest BCUT2D eigenvalue weighted by Crippen LogP contribution is -2.45. The van der Waals surface area contributed by atoms with Crippen molar-refractivity contribution in [3.8, 4) is 5.75 Å². The van der Waals surface area contributed by atoms with Gasteiger partial charge in [0.15, 0.2) is 0 Å². The van der Waals surface area contributed by atoms with Crippen LogP contribution in [0.25, 0.3) is 0 Å². The van der Waals surface area contributed by atoms with Crippen LogP contribution in [0.4, 0.5) is 0 Å². The minimum absolute atomic E-state index is 0.275. The molecular formula is C16H24N2O5. The molecule has 128 valence electrons. The summed E-state index contributed by atoms with van der Waals surface area (Å²) in [6.45, 7) is 1.68. The van der Waals surface area contributed by atoms with Gasteiger partial charge in [-0.3, -0.25) is 9.59 Å². The zero-order chi connectivity index (χ0) is 17.1. The molecule has 1 rings (SSSR count). The molecule has 0 unspecified atom stereocenters. The van der Waals surface area contributed by atoms with E-state index in [1.807, 2.05) is 12.1 Å². The normalized spacial score (nSPS) is 10.2. The molecule has 0 aliphatic carbocycles. The molecule has 2 amide bonds. The van der Waals surface area contributed by atoms with E-state index in [9.17, 15) is 9.59 Å².